The number of benzene rings is 1. The second-order valence-electron chi connectivity index (χ2n) is 4.21. The molecule has 0 aliphatic heterocycles. The number of nitrogens with zero attached hydrogens (tertiary/aromatic N) is 1. The second-order valence-corrected chi connectivity index (χ2v) is 5.53. The molecule has 0 spiro atoms. The summed E-state index contributed by atoms with van der Waals surface area (Å²) in [6, 6.07) is 5.55. The Morgan fingerprint density at radius 3 is 2.80 bits per heavy atom. The first-order chi connectivity index (χ1) is 9.63. The standard InChI is InChI=1S/C14H15FN2O2S/c1-10-8-17-14(20-10)6-7-16-13(18)9-19-12-4-2-11(15)3-5-12/h2-5,8H,6-7,9H2,1H3,(H,16,18). The van der Waals surface area contributed by atoms with Gasteiger partial charge in [-0.15, -0.1) is 11.3 Å². The number of ether oxygens (including phenoxy) is 1. The van der Waals surface area contributed by atoms with Crippen LogP contribution in [0.5, 0.6) is 5.75 Å². The van der Waals surface area contributed by atoms with E-state index in [0.29, 0.717) is 18.7 Å². The van der Waals surface area contributed by atoms with Crippen molar-refractivity contribution in [1.29, 1.82) is 0 Å². The van der Waals surface area contributed by atoms with E-state index < -0.39 is 0 Å². The number of rotatable bonds is 6. The number of nitrogens with one attached hydrogen (secondary N) is 1. The Balaban J connectivity index is 1.66. The Labute approximate surface area is 120 Å². The summed E-state index contributed by atoms with van der Waals surface area (Å²) in [5.41, 5.74) is 0. The van der Waals surface area contributed by atoms with Gasteiger partial charge in [0.05, 0.1) is 5.01 Å². The molecule has 0 radical (unpaired) electrons. The highest BCUT2D eigenvalue weighted by molar-refractivity contribution is 7.11. The smallest absolute Gasteiger partial charge is 0.257 e. The molecule has 4 nitrogen and oxygen atoms in total. The van der Waals surface area contributed by atoms with Gasteiger partial charge in [-0.1, -0.05) is 0 Å². The molecule has 1 aromatic carbocycles. The van der Waals surface area contributed by atoms with E-state index >= 15 is 0 Å². The van der Waals surface area contributed by atoms with E-state index in [0.717, 1.165) is 9.88 Å². The van der Waals surface area contributed by atoms with Crippen LogP contribution < -0.4 is 10.1 Å². The number of hydrogen-bond donors (Lipinski definition) is 1. The van der Waals surface area contributed by atoms with E-state index in [-0.39, 0.29) is 18.3 Å². The van der Waals surface area contributed by atoms with Crippen molar-refractivity contribution in [2.75, 3.05) is 13.2 Å². The number of aryl methyl sites for hydroxylation is 1. The summed E-state index contributed by atoms with van der Waals surface area (Å²) in [5, 5.41) is 3.75. The van der Waals surface area contributed by atoms with Gasteiger partial charge in [0.1, 0.15) is 11.6 Å². The Kier molecular flexibility index (Phi) is 5.06. The summed E-state index contributed by atoms with van der Waals surface area (Å²) in [5.74, 6) is -0.0692. The van der Waals surface area contributed by atoms with Crippen molar-refractivity contribution < 1.29 is 13.9 Å². The number of carbonyl (C=O) groups excluding carboxylic acids is 1. The van der Waals surface area contributed by atoms with E-state index in [2.05, 4.69) is 10.3 Å². The van der Waals surface area contributed by atoms with E-state index in [4.69, 9.17) is 4.74 Å². The van der Waals surface area contributed by atoms with Crippen molar-refractivity contribution in [3.05, 3.63) is 46.2 Å². The third-order valence-electron chi connectivity index (χ3n) is 2.51. The van der Waals surface area contributed by atoms with Gasteiger partial charge >= 0.3 is 0 Å². The molecule has 2 aromatic rings. The van der Waals surface area contributed by atoms with Crippen LogP contribution in [0.2, 0.25) is 0 Å². The topological polar surface area (TPSA) is 51.2 Å². The molecule has 106 valence electrons. The lowest BCUT2D eigenvalue weighted by Gasteiger charge is -2.06. The quantitative estimate of drug-likeness (QED) is 0.889. The van der Waals surface area contributed by atoms with E-state index in [9.17, 15) is 9.18 Å². The Morgan fingerprint density at radius 2 is 2.15 bits per heavy atom. The van der Waals surface area contributed by atoms with Gasteiger partial charge in [0.15, 0.2) is 6.61 Å². The monoisotopic (exact) mass is 294 g/mol. The normalized spacial score (nSPS) is 10.3. The minimum absolute atomic E-state index is 0.0808. The molecule has 0 atom stereocenters. The number of thiazole rings is 1. The summed E-state index contributed by atoms with van der Waals surface area (Å²) >= 11 is 1.62. The fraction of sp³-hybridized carbons (Fsp3) is 0.286. The van der Waals surface area contributed by atoms with Crippen LogP contribution in [0.15, 0.2) is 30.5 Å². The van der Waals surface area contributed by atoms with Gasteiger partial charge in [0.25, 0.3) is 5.91 Å². The molecule has 1 amide bonds. The molecule has 1 aromatic heterocycles. The molecule has 20 heavy (non-hydrogen) atoms. The second kappa shape index (κ2) is 7.00. The third-order valence-corrected chi connectivity index (χ3v) is 3.49. The molecule has 0 saturated carbocycles. The maximum Gasteiger partial charge on any atom is 0.257 e. The highest BCUT2D eigenvalue weighted by atomic mass is 32.1. The van der Waals surface area contributed by atoms with Crippen molar-refractivity contribution in [3.63, 3.8) is 0 Å². The van der Waals surface area contributed by atoms with Crippen LogP contribution in [0.3, 0.4) is 0 Å². The lowest BCUT2D eigenvalue weighted by molar-refractivity contribution is -0.123. The molecule has 0 aliphatic carbocycles. The summed E-state index contributed by atoms with van der Waals surface area (Å²) in [6.07, 6.45) is 2.53. The first-order valence-electron chi connectivity index (χ1n) is 6.20. The predicted molar refractivity (Wildman–Crippen MR) is 75.5 cm³/mol. The highest BCUT2D eigenvalue weighted by Gasteiger charge is 2.04. The van der Waals surface area contributed by atoms with Crippen LogP contribution in [0.25, 0.3) is 0 Å². The Morgan fingerprint density at radius 1 is 1.40 bits per heavy atom. The molecule has 1 heterocycles. The lowest BCUT2D eigenvalue weighted by atomic mass is 10.3. The van der Waals surface area contributed by atoms with Crippen LogP contribution in [-0.2, 0) is 11.2 Å². The molecule has 0 fully saturated rings. The van der Waals surface area contributed by atoms with Gasteiger partial charge in [-0.05, 0) is 31.2 Å². The fourth-order valence-corrected chi connectivity index (χ4v) is 2.34. The van der Waals surface area contributed by atoms with Gasteiger partial charge in [-0.3, -0.25) is 4.79 Å². The van der Waals surface area contributed by atoms with Crippen LogP contribution in [-0.4, -0.2) is 24.0 Å². The van der Waals surface area contributed by atoms with Gasteiger partial charge in [-0.25, -0.2) is 9.37 Å². The number of hydrogen-bond acceptors (Lipinski definition) is 4. The van der Waals surface area contributed by atoms with Crippen molar-refractivity contribution >= 4 is 17.2 Å². The number of halogens is 1. The van der Waals surface area contributed by atoms with Gasteiger partial charge < -0.3 is 10.1 Å². The van der Waals surface area contributed by atoms with Gasteiger partial charge in [-0.2, -0.15) is 0 Å². The number of aromatic nitrogens is 1. The van der Waals surface area contributed by atoms with Crippen molar-refractivity contribution in [3.8, 4) is 5.75 Å². The zero-order valence-electron chi connectivity index (χ0n) is 11.1. The minimum Gasteiger partial charge on any atom is -0.484 e. The van der Waals surface area contributed by atoms with Gasteiger partial charge in [0, 0.05) is 24.0 Å². The van der Waals surface area contributed by atoms with E-state index in [1.165, 1.54) is 24.3 Å². The first-order valence-corrected chi connectivity index (χ1v) is 7.01. The molecule has 2 rings (SSSR count). The van der Waals surface area contributed by atoms with E-state index in [1.54, 1.807) is 11.3 Å². The molecule has 6 heteroatoms. The van der Waals surface area contributed by atoms with Gasteiger partial charge in [0.2, 0.25) is 0 Å². The van der Waals surface area contributed by atoms with Crippen LogP contribution in [0, 0.1) is 12.7 Å². The summed E-state index contributed by atoms with van der Waals surface area (Å²) in [6.45, 7) is 2.44. The summed E-state index contributed by atoms with van der Waals surface area (Å²) in [4.78, 5) is 16.9. The van der Waals surface area contributed by atoms with Crippen LogP contribution in [0.4, 0.5) is 4.39 Å². The average Bonchev–Trinajstić information content (AvgIpc) is 2.84. The largest absolute Gasteiger partial charge is 0.484 e. The third kappa shape index (κ3) is 4.62. The molecular formula is C14H15FN2O2S. The maximum atomic E-state index is 12.7. The zero-order chi connectivity index (χ0) is 14.4. The van der Waals surface area contributed by atoms with Crippen molar-refractivity contribution in [2.24, 2.45) is 0 Å². The zero-order valence-corrected chi connectivity index (χ0v) is 11.9. The molecule has 0 bridgehead atoms. The summed E-state index contributed by atoms with van der Waals surface area (Å²) in [7, 11) is 0. The molecular weight excluding hydrogens is 279 g/mol. The molecule has 0 saturated heterocycles. The maximum absolute atomic E-state index is 12.7. The number of carbonyl (C=O) groups is 1. The first kappa shape index (κ1) is 14.5. The van der Waals surface area contributed by atoms with E-state index in [1.807, 2.05) is 13.1 Å². The fourth-order valence-electron chi connectivity index (χ4n) is 1.56. The summed E-state index contributed by atoms with van der Waals surface area (Å²) < 4.78 is 17.9. The van der Waals surface area contributed by atoms with Crippen molar-refractivity contribution in [1.82, 2.24) is 10.3 Å². The van der Waals surface area contributed by atoms with Crippen LogP contribution >= 0.6 is 11.3 Å². The average molecular weight is 294 g/mol. The molecule has 1 N–H and O–H groups in total. The number of amides is 1. The molecule has 0 aliphatic rings. The SMILES string of the molecule is Cc1cnc(CCNC(=O)COc2ccc(F)cc2)s1. The Hall–Kier alpha value is -1.95. The van der Waals surface area contributed by atoms with Crippen LogP contribution in [0.1, 0.15) is 9.88 Å². The molecule has 0 unspecified atom stereocenters. The van der Waals surface area contributed by atoms with Crippen molar-refractivity contribution in [2.45, 2.75) is 13.3 Å². The Bertz CT molecular complexity index is 569. The minimum atomic E-state index is -0.333. The predicted octanol–water partition coefficient (Wildman–Crippen LogP) is 2.33. The lowest BCUT2D eigenvalue weighted by Crippen LogP contribution is -2.30. The highest BCUT2D eigenvalue weighted by Crippen LogP contribution is 2.11.